The molecule has 1 aliphatic heterocycles. The van der Waals surface area contributed by atoms with E-state index in [-0.39, 0.29) is 6.23 Å². The number of benzene rings is 1. The molecule has 5 heteroatoms. The number of halogens is 2. The summed E-state index contributed by atoms with van der Waals surface area (Å²) in [6.45, 7) is 0.475. The van der Waals surface area contributed by atoms with Crippen LogP contribution in [0.5, 0.6) is 0 Å². The highest BCUT2D eigenvalue weighted by molar-refractivity contribution is 9.11. The van der Waals surface area contributed by atoms with E-state index in [1.165, 1.54) is 0 Å². The molecule has 2 rings (SSSR count). The molecule has 0 spiro atoms. The van der Waals surface area contributed by atoms with Gasteiger partial charge in [-0.25, -0.2) is 0 Å². The number of rotatable bonds is 3. The smallest absolute Gasteiger partial charge is 0.201 e. The molecule has 0 aliphatic carbocycles. The average Bonchev–Trinajstić information content (AvgIpc) is 2.61. The molecule has 0 aromatic heterocycles. The lowest BCUT2D eigenvalue weighted by Gasteiger charge is -2.23. The highest BCUT2D eigenvalue weighted by Gasteiger charge is 2.26. The lowest BCUT2D eigenvalue weighted by molar-refractivity contribution is -0.0123. The zero-order chi connectivity index (χ0) is 11.5. The number of hydrogen-bond donors (Lipinski definition) is 0. The maximum absolute atomic E-state index is 5.84. The van der Waals surface area contributed by atoms with Gasteiger partial charge in [0.1, 0.15) is 6.73 Å². The van der Waals surface area contributed by atoms with Crippen LogP contribution in [0.3, 0.4) is 0 Å². The molecule has 0 N–H and O–H groups in total. The van der Waals surface area contributed by atoms with Crippen molar-refractivity contribution >= 4 is 27.5 Å². The van der Waals surface area contributed by atoms with Gasteiger partial charge in [0.15, 0.2) is 4.67 Å². The van der Waals surface area contributed by atoms with Crippen LogP contribution >= 0.6 is 27.5 Å². The Morgan fingerprint density at radius 3 is 2.75 bits per heavy atom. The fourth-order valence-electron chi connectivity index (χ4n) is 1.54. The van der Waals surface area contributed by atoms with Crippen LogP contribution in [0.1, 0.15) is 11.8 Å². The summed E-state index contributed by atoms with van der Waals surface area (Å²) in [6.07, 6.45) is 1.70. The predicted octanol–water partition coefficient (Wildman–Crippen LogP) is 3.47. The van der Waals surface area contributed by atoms with Crippen molar-refractivity contribution in [2.24, 2.45) is 0 Å². The van der Waals surface area contributed by atoms with Crippen molar-refractivity contribution in [2.45, 2.75) is 6.23 Å². The van der Waals surface area contributed by atoms with E-state index in [1.807, 2.05) is 35.4 Å². The Labute approximate surface area is 108 Å². The Bertz CT molecular complexity index is 393. The van der Waals surface area contributed by atoms with Gasteiger partial charge in [-0.2, -0.15) is 0 Å². The molecule has 16 heavy (non-hydrogen) atoms. The highest BCUT2D eigenvalue weighted by atomic mass is 79.9. The average molecular weight is 305 g/mol. The van der Waals surface area contributed by atoms with Gasteiger partial charge in [0.05, 0.1) is 6.20 Å². The van der Waals surface area contributed by atoms with Crippen LogP contribution < -0.4 is 0 Å². The number of hydrogen-bond acceptors (Lipinski definition) is 3. The Hall–Kier alpha value is -0.710. The van der Waals surface area contributed by atoms with Crippen molar-refractivity contribution in [3.05, 3.63) is 45.7 Å². The molecule has 1 heterocycles. The first-order chi connectivity index (χ1) is 7.70. The fourth-order valence-corrected chi connectivity index (χ4v) is 2.11. The molecule has 1 unspecified atom stereocenters. The van der Waals surface area contributed by atoms with Gasteiger partial charge < -0.3 is 14.4 Å². The van der Waals surface area contributed by atoms with Gasteiger partial charge in [-0.05, 0) is 28.1 Å². The zero-order valence-corrected chi connectivity index (χ0v) is 11.0. The minimum absolute atomic E-state index is 0.161. The third-order valence-corrected chi connectivity index (χ3v) is 2.87. The van der Waals surface area contributed by atoms with Crippen molar-refractivity contribution in [2.75, 3.05) is 13.8 Å². The fraction of sp³-hybridized carbons (Fsp3) is 0.273. The maximum Gasteiger partial charge on any atom is 0.201 e. The van der Waals surface area contributed by atoms with Gasteiger partial charge in [-0.3, -0.25) is 0 Å². The van der Waals surface area contributed by atoms with Crippen LogP contribution in [0.15, 0.2) is 35.1 Å². The standard InChI is InChI=1S/C11H11BrClNO2/c1-15-7-14-6-10(12)16-11(14)8-2-4-9(13)5-3-8/h2-6,11H,7H2,1H3. The third kappa shape index (κ3) is 2.51. The summed E-state index contributed by atoms with van der Waals surface area (Å²) in [5.74, 6) is 0. The second-order valence-electron chi connectivity index (χ2n) is 3.39. The summed E-state index contributed by atoms with van der Waals surface area (Å²) in [6, 6.07) is 7.57. The van der Waals surface area contributed by atoms with Crippen LogP contribution in [0.2, 0.25) is 5.02 Å². The molecule has 0 saturated heterocycles. The van der Waals surface area contributed by atoms with Crippen molar-refractivity contribution in [1.82, 2.24) is 4.90 Å². The van der Waals surface area contributed by atoms with Crippen LogP contribution in [-0.2, 0) is 9.47 Å². The highest BCUT2D eigenvalue weighted by Crippen LogP contribution is 2.34. The van der Waals surface area contributed by atoms with Crippen molar-refractivity contribution in [1.29, 1.82) is 0 Å². The zero-order valence-electron chi connectivity index (χ0n) is 8.69. The lowest BCUT2D eigenvalue weighted by Crippen LogP contribution is -2.22. The van der Waals surface area contributed by atoms with E-state index in [2.05, 4.69) is 15.9 Å². The largest absolute Gasteiger partial charge is 0.458 e. The van der Waals surface area contributed by atoms with E-state index in [4.69, 9.17) is 21.1 Å². The molecule has 1 aliphatic rings. The topological polar surface area (TPSA) is 21.7 Å². The number of ether oxygens (including phenoxy) is 2. The van der Waals surface area contributed by atoms with Crippen LogP contribution in [-0.4, -0.2) is 18.7 Å². The van der Waals surface area contributed by atoms with Gasteiger partial charge in [0.25, 0.3) is 0 Å². The number of methoxy groups -OCH3 is 1. The first kappa shape index (κ1) is 11.8. The Morgan fingerprint density at radius 1 is 1.44 bits per heavy atom. The molecular formula is C11H11BrClNO2. The predicted molar refractivity (Wildman–Crippen MR) is 66.0 cm³/mol. The maximum atomic E-state index is 5.84. The van der Waals surface area contributed by atoms with Crippen LogP contribution in [0, 0.1) is 0 Å². The molecule has 1 atom stereocenters. The quantitative estimate of drug-likeness (QED) is 0.853. The third-order valence-electron chi connectivity index (χ3n) is 2.23. The van der Waals surface area contributed by atoms with Gasteiger partial charge in [0.2, 0.25) is 6.23 Å². The van der Waals surface area contributed by atoms with Gasteiger partial charge in [-0.1, -0.05) is 23.7 Å². The molecule has 86 valence electrons. The molecule has 0 fully saturated rings. The first-order valence-electron chi connectivity index (χ1n) is 4.75. The second kappa shape index (κ2) is 5.08. The molecule has 0 bridgehead atoms. The number of nitrogens with zero attached hydrogens (tertiary/aromatic N) is 1. The summed E-state index contributed by atoms with van der Waals surface area (Å²) in [5, 5.41) is 0.715. The molecule has 0 amide bonds. The van der Waals surface area contributed by atoms with Gasteiger partial charge in [-0.15, -0.1) is 0 Å². The van der Waals surface area contributed by atoms with E-state index < -0.39 is 0 Å². The van der Waals surface area contributed by atoms with Gasteiger partial charge in [0, 0.05) is 17.7 Å². The lowest BCUT2D eigenvalue weighted by atomic mass is 10.2. The van der Waals surface area contributed by atoms with E-state index >= 15 is 0 Å². The van der Waals surface area contributed by atoms with E-state index in [1.54, 1.807) is 7.11 Å². The van der Waals surface area contributed by atoms with Gasteiger partial charge >= 0.3 is 0 Å². The van der Waals surface area contributed by atoms with Crippen molar-refractivity contribution in [3.8, 4) is 0 Å². The SMILES string of the molecule is COCN1C=C(Br)OC1c1ccc(Cl)cc1. The molecule has 0 saturated carbocycles. The monoisotopic (exact) mass is 303 g/mol. The molecule has 3 nitrogen and oxygen atoms in total. The van der Waals surface area contributed by atoms with E-state index in [0.717, 1.165) is 5.56 Å². The molecular weight excluding hydrogens is 293 g/mol. The normalized spacial score (nSPS) is 19.6. The summed E-state index contributed by atoms with van der Waals surface area (Å²) >= 11 is 9.16. The molecule has 1 aromatic rings. The summed E-state index contributed by atoms with van der Waals surface area (Å²) in [4.78, 5) is 1.95. The minimum Gasteiger partial charge on any atom is -0.458 e. The second-order valence-corrected chi connectivity index (χ2v) is 4.60. The van der Waals surface area contributed by atoms with E-state index in [9.17, 15) is 0 Å². The summed E-state index contributed by atoms with van der Waals surface area (Å²) < 4.78 is 11.4. The Kier molecular flexibility index (Phi) is 3.74. The Balaban J connectivity index is 2.17. The summed E-state index contributed by atoms with van der Waals surface area (Å²) in [5.41, 5.74) is 1.03. The molecule has 1 aromatic carbocycles. The first-order valence-corrected chi connectivity index (χ1v) is 5.92. The van der Waals surface area contributed by atoms with Crippen molar-refractivity contribution in [3.63, 3.8) is 0 Å². The van der Waals surface area contributed by atoms with E-state index in [0.29, 0.717) is 16.4 Å². The minimum atomic E-state index is -0.161. The van der Waals surface area contributed by atoms with Crippen LogP contribution in [0.4, 0.5) is 0 Å². The van der Waals surface area contributed by atoms with Crippen molar-refractivity contribution < 1.29 is 9.47 Å². The Morgan fingerprint density at radius 2 is 2.12 bits per heavy atom. The molecule has 0 radical (unpaired) electrons. The van der Waals surface area contributed by atoms with Crippen LogP contribution in [0.25, 0.3) is 0 Å². The summed E-state index contributed by atoms with van der Waals surface area (Å²) in [7, 11) is 1.65.